The van der Waals surface area contributed by atoms with Crippen molar-refractivity contribution in [2.24, 2.45) is 0 Å². The Hall–Kier alpha value is -3.77. The summed E-state index contributed by atoms with van der Waals surface area (Å²) in [5.74, 6) is 2.14. The molecule has 7 rings (SSSR count). The first-order valence-electron chi connectivity index (χ1n) is 13.9. The van der Waals surface area contributed by atoms with Crippen LogP contribution in [0.3, 0.4) is 0 Å². The summed E-state index contributed by atoms with van der Waals surface area (Å²) in [4.78, 5) is 20.3. The molecule has 6 heterocycles. The third-order valence-corrected chi connectivity index (χ3v) is 8.42. The summed E-state index contributed by atoms with van der Waals surface area (Å²) in [6.07, 6.45) is 7.73. The molecule has 0 bridgehead atoms. The maximum absolute atomic E-state index is 6.24. The van der Waals surface area contributed by atoms with Gasteiger partial charge >= 0.3 is 0 Å². The molecule has 0 N–H and O–H groups in total. The van der Waals surface area contributed by atoms with Gasteiger partial charge in [-0.3, -0.25) is 9.30 Å². The van der Waals surface area contributed by atoms with Gasteiger partial charge in [-0.2, -0.15) is 5.10 Å². The van der Waals surface area contributed by atoms with Crippen LogP contribution in [0.25, 0.3) is 22.7 Å². The molecule has 216 valence electrons. The molecule has 0 unspecified atom stereocenters. The van der Waals surface area contributed by atoms with Crippen molar-refractivity contribution >= 4 is 34.8 Å². The van der Waals surface area contributed by atoms with Gasteiger partial charge in [-0.05, 0) is 32.0 Å². The summed E-state index contributed by atoms with van der Waals surface area (Å²) in [6, 6.07) is 15.9. The van der Waals surface area contributed by atoms with Crippen molar-refractivity contribution in [3.05, 3.63) is 95.6 Å². The van der Waals surface area contributed by atoms with Gasteiger partial charge in [0.15, 0.2) is 16.6 Å². The number of aromatic nitrogens is 8. The van der Waals surface area contributed by atoms with Crippen LogP contribution < -0.4 is 0 Å². The van der Waals surface area contributed by atoms with Crippen LogP contribution in [-0.4, -0.2) is 76.3 Å². The number of ether oxygens (including phenoxy) is 1. The molecule has 0 atom stereocenters. The second-order valence-corrected chi connectivity index (χ2v) is 11.3. The maximum atomic E-state index is 6.24. The van der Waals surface area contributed by atoms with E-state index < -0.39 is 0 Å². The van der Waals surface area contributed by atoms with Crippen molar-refractivity contribution in [2.75, 3.05) is 32.8 Å². The standard InChI is InChI=1S/C22H23ClN6OS.C8H9N3/c23-18-7-4-8-29-21(18)25-20(26-29)16-31-22-24-19(17-5-2-1-3-6-17)15-28(22)10-9-27-11-13-30-14-12-27;1-6-7(2)11-5-3-4-9-8(11)10-6/h1-8,15H,9-14,16H2;3-5H,1-2H3. The summed E-state index contributed by atoms with van der Waals surface area (Å²) >= 11 is 7.89. The Morgan fingerprint density at radius 1 is 0.929 bits per heavy atom. The van der Waals surface area contributed by atoms with E-state index in [-0.39, 0.29) is 0 Å². The fourth-order valence-electron chi connectivity index (χ4n) is 4.72. The van der Waals surface area contributed by atoms with Crippen molar-refractivity contribution < 1.29 is 4.74 Å². The van der Waals surface area contributed by atoms with E-state index >= 15 is 0 Å². The average Bonchev–Trinajstić information content (AvgIpc) is 3.72. The van der Waals surface area contributed by atoms with E-state index in [4.69, 9.17) is 21.3 Å². The van der Waals surface area contributed by atoms with Crippen LogP contribution in [0.2, 0.25) is 5.02 Å². The lowest BCUT2D eigenvalue weighted by molar-refractivity contribution is 0.0361. The molecule has 1 saturated heterocycles. The second kappa shape index (κ2) is 13.0. The summed E-state index contributed by atoms with van der Waals surface area (Å²) in [5, 5.41) is 6.11. The number of hydrogen-bond donors (Lipinski definition) is 0. The van der Waals surface area contributed by atoms with Crippen LogP contribution in [0, 0.1) is 13.8 Å². The lowest BCUT2D eigenvalue weighted by Crippen LogP contribution is -2.38. The van der Waals surface area contributed by atoms with Gasteiger partial charge in [0, 0.05) is 62.2 Å². The lowest BCUT2D eigenvalue weighted by atomic mass is 10.2. The molecule has 5 aromatic heterocycles. The first kappa shape index (κ1) is 28.4. The van der Waals surface area contributed by atoms with Crippen LogP contribution in [0.5, 0.6) is 0 Å². The van der Waals surface area contributed by atoms with Gasteiger partial charge < -0.3 is 9.30 Å². The van der Waals surface area contributed by atoms with E-state index in [0.717, 1.165) is 78.8 Å². The quantitative estimate of drug-likeness (QED) is 0.230. The Morgan fingerprint density at radius 2 is 1.76 bits per heavy atom. The Balaban J connectivity index is 0.000000240. The first-order chi connectivity index (χ1) is 20.5. The monoisotopic (exact) mass is 601 g/mol. The topological polar surface area (TPSA) is 90.7 Å². The van der Waals surface area contributed by atoms with Gasteiger partial charge in [0.2, 0.25) is 5.78 Å². The molecular formula is C30H32ClN9OS. The molecule has 12 heteroatoms. The van der Waals surface area contributed by atoms with Crippen LogP contribution in [-0.2, 0) is 17.0 Å². The van der Waals surface area contributed by atoms with Crippen LogP contribution >= 0.6 is 23.4 Å². The average molecular weight is 602 g/mol. The highest BCUT2D eigenvalue weighted by molar-refractivity contribution is 7.98. The zero-order valence-corrected chi connectivity index (χ0v) is 25.2. The number of halogens is 1. The number of pyridine rings is 1. The number of benzene rings is 1. The zero-order chi connectivity index (χ0) is 28.9. The summed E-state index contributed by atoms with van der Waals surface area (Å²) in [5.41, 5.74) is 4.99. The van der Waals surface area contributed by atoms with Crippen molar-refractivity contribution in [3.63, 3.8) is 0 Å². The van der Waals surface area contributed by atoms with Crippen molar-refractivity contribution in [3.8, 4) is 11.3 Å². The van der Waals surface area contributed by atoms with Gasteiger partial charge in [0.05, 0.1) is 35.4 Å². The zero-order valence-electron chi connectivity index (χ0n) is 23.6. The molecule has 0 spiro atoms. The van der Waals surface area contributed by atoms with Gasteiger partial charge in [-0.15, -0.1) is 0 Å². The smallest absolute Gasteiger partial charge is 0.234 e. The molecule has 42 heavy (non-hydrogen) atoms. The highest BCUT2D eigenvalue weighted by Crippen LogP contribution is 2.27. The Bertz CT molecular complexity index is 1780. The Morgan fingerprint density at radius 3 is 2.55 bits per heavy atom. The molecular weight excluding hydrogens is 570 g/mol. The number of thioether (sulfide) groups is 1. The fraction of sp³-hybridized carbons (Fsp3) is 0.300. The molecule has 0 amide bonds. The number of aryl methyl sites for hydroxylation is 2. The number of hydrogen-bond acceptors (Lipinski definition) is 8. The summed E-state index contributed by atoms with van der Waals surface area (Å²) in [6.45, 7) is 9.46. The van der Waals surface area contributed by atoms with Crippen molar-refractivity contribution in [1.82, 2.24) is 43.4 Å². The minimum absolute atomic E-state index is 0.602. The van der Waals surface area contributed by atoms with Crippen molar-refractivity contribution in [1.29, 1.82) is 0 Å². The van der Waals surface area contributed by atoms with Gasteiger partial charge in [0.1, 0.15) is 0 Å². The van der Waals surface area contributed by atoms with E-state index in [0.29, 0.717) is 16.4 Å². The van der Waals surface area contributed by atoms with E-state index in [1.165, 1.54) is 0 Å². The number of morpholine rings is 1. The molecule has 1 aliphatic rings. The highest BCUT2D eigenvalue weighted by atomic mass is 35.5. The first-order valence-corrected chi connectivity index (χ1v) is 15.2. The van der Waals surface area contributed by atoms with Crippen molar-refractivity contribution in [2.45, 2.75) is 31.3 Å². The Kier molecular flexibility index (Phi) is 8.80. The van der Waals surface area contributed by atoms with Gasteiger partial charge in [-0.25, -0.2) is 24.5 Å². The van der Waals surface area contributed by atoms with E-state index in [1.807, 2.05) is 67.0 Å². The molecule has 0 radical (unpaired) electrons. The molecule has 10 nitrogen and oxygen atoms in total. The molecule has 1 fully saturated rings. The molecule has 6 aromatic rings. The third kappa shape index (κ3) is 6.49. The van der Waals surface area contributed by atoms with Crippen LogP contribution in [0.1, 0.15) is 17.2 Å². The largest absolute Gasteiger partial charge is 0.379 e. The van der Waals surface area contributed by atoms with E-state index in [1.54, 1.807) is 22.5 Å². The van der Waals surface area contributed by atoms with Gasteiger partial charge in [0.25, 0.3) is 0 Å². The number of imidazole rings is 2. The van der Waals surface area contributed by atoms with Crippen LogP contribution in [0.4, 0.5) is 0 Å². The van der Waals surface area contributed by atoms with Crippen LogP contribution in [0.15, 0.2) is 78.5 Å². The Labute approximate surface area is 253 Å². The number of nitrogens with zero attached hydrogens (tertiary/aromatic N) is 9. The SMILES string of the molecule is Cc1nc2ncccn2c1C.Clc1cccn2nc(CSc3nc(-c4ccccc4)cn3CCN3CCOCC3)nc12. The molecule has 1 aromatic carbocycles. The van der Waals surface area contributed by atoms with E-state index in [9.17, 15) is 0 Å². The number of fused-ring (bicyclic) bond motifs is 2. The fourth-order valence-corrected chi connectivity index (χ4v) is 5.77. The maximum Gasteiger partial charge on any atom is 0.234 e. The third-order valence-electron chi connectivity index (χ3n) is 7.14. The van der Waals surface area contributed by atoms with Gasteiger partial charge in [-0.1, -0.05) is 53.7 Å². The minimum Gasteiger partial charge on any atom is -0.379 e. The lowest BCUT2D eigenvalue weighted by Gasteiger charge is -2.26. The second-order valence-electron chi connectivity index (χ2n) is 9.94. The predicted molar refractivity (Wildman–Crippen MR) is 165 cm³/mol. The number of rotatable bonds is 7. The van der Waals surface area contributed by atoms with E-state index in [2.05, 4.69) is 47.8 Å². The molecule has 1 aliphatic heterocycles. The summed E-state index contributed by atoms with van der Waals surface area (Å²) < 4.78 is 11.4. The molecule has 0 saturated carbocycles. The highest BCUT2D eigenvalue weighted by Gasteiger charge is 2.15. The summed E-state index contributed by atoms with van der Waals surface area (Å²) in [7, 11) is 0. The predicted octanol–water partition coefficient (Wildman–Crippen LogP) is 5.22. The minimum atomic E-state index is 0.602. The normalized spacial score (nSPS) is 13.9. The molecule has 0 aliphatic carbocycles.